The van der Waals surface area contributed by atoms with Gasteiger partial charge in [-0.3, -0.25) is 4.79 Å². The zero-order valence-electron chi connectivity index (χ0n) is 21.2. The fraction of sp³-hybridized carbons (Fsp3) is 0.429. The Kier molecular flexibility index (Phi) is 6.38. The summed E-state index contributed by atoms with van der Waals surface area (Å²) < 4.78 is 0. The fourth-order valence-electron chi connectivity index (χ4n) is 5.69. The van der Waals surface area contributed by atoms with Gasteiger partial charge in [-0.1, -0.05) is 41.7 Å². The van der Waals surface area contributed by atoms with Crippen LogP contribution in [0.4, 0.5) is 0 Å². The van der Waals surface area contributed by atoms with Crippen molar-refractivity contribution in [1.82, 2.24) is 31.3 Å². The normalized spacial score (nSPS) is 22.0. The van der Waals surface area contributed by atoms with Gasteiger partial charge in [-0.25, -0.2) is 0 Å². The van der Waals surface area contributed by atoms with Gasteiger partial charge in [0.25, 0.3) is 5.91 Å². The van der Waals surface area contributed by atoms with E-state index in [0.29, 0.717) is 24.4 Å². The molecule has 8 heteroatoms. The summed E-state index contributed by atoms with van der Waals surface area (Å²) in [6.45, 7) is 9.64. The van der Waals surface area contributed by atoms with Crippen LogP contribution in [0.3, 0.4) is 0 Å². The summed E-state index contributed by atoms with van der Waals surface area (Å²) in [5.41, 5.74) is 13.3. The number of rotatable bonds is 8. The lowest BCUT2D eigenvalue weighted by molar-refractivity contribution is 0.0955. The van der Waals surface area contributed by atoms with Crippen LogP contribution in [0, 0.1) is 0 Å². The molecule has 1 fully saturated rings. The van der Waals surface area contributed by atoms with Crippen LogP contribution in [0.25, 0.3) is 0 Å². The highest BCUT2D eigenvalue weighted by Crippen LogP contribution is 2.54. The Morgan fingerprint density at radius 1 is 1.17 bits per heavy atom. The number of H-pyrrole nitrogens is 1. The Bertz CT molecular complexity index is 1270. The van der Waals surface area contributed by atoms with Gasteiger partial charge in [-0.05, 0) is 86.8 Å². The second kappa shape index (κ2) is 9.50. The summed E-state index contributed by atoms with van der Waals surface area (Å²) in [6.07, 6.45) is 11.7. The van der Waals surface area contributed by atoms with Gasteiger partial charge >= 0.3 is 0 Å². The molecule has 3 aliphatic carbocycles. The number of carbonyl (C=O) groups excluding carboxylic acids is 1. The number of amides is 1. The highest BCUT2D eigenvalue weighted by molar-refractivity contribution is 5.94. The van der Waals surface area contributed by atoms with E-state index in [1.165, 1.54) is 11.1 Å². The molecule has 8 nitrogen and oxygen atoms in total. The lowest BCUT2D eigenvalue weighted by Crippen LogP contribution is -2.40. The smallest absolute Gasteiger partial charge is 0.251 e. The van der Waals surface area contributed by atoms with E-state index in [1.807, 2.05) is 19.1 Å². The van der Waals surface area contributed by atoms with Crippen molar-refractivity contribution in [2.45, 2.75) is 63.3 Å². The van der Waals surface area contributed by atoms with Crippen molar-refractivity contribution in [3.8, 4) is 0 Å². The molecule has 0 spiro atoms. The van der Waals surface area contributed by atoms with Gasteiger partial charge in [0, 0.05) is 29.9 Å². The SMILES string of the molecule is C=C(NCC)C1=CCC2=C(C=C1)C(CC1(N)CC1)(c1nn[nH]n1)c1ccc(C(=O)NCC)cc1CC2. The number of likely N-dealkylation sites (N-methyl/N-ethyl adjacent to an activating group) is 1. The molecule has 1 saturated carbocycles. The molecule has 3 aliphatic rings. The van der Waals surface area contributed by atoms with E-state index >= 15 is 0 Å². The van der Waals surface area contributed by atoms with E-state index in [2.05, 4.69) is 69.1 Å². The van der Waals surface area contributed by atoms with E-state index < -0.39 is 5.41 Å². The number of fused-ring (bicyclic) bond motifs is 1. The predicted octanol–water partition coefficient (Wildman–Crippen LogP) is 3.37. The van der Waals surface area contributed by atoms with Gasteiger partial charge in [-0.15, -0.1) is 10.2 Å². The fourth-order valence-corrected chi connectivity index (χ4v) is 5.69. The third-order valence-corrected chi connectivity index (χ3v) is 7.67. The van der Waals surface area contributed by atoms with Crippen LogP contribution >= 0.6 is 0 Å². The van der Waals surface area contributed by atoms with Crippen LogP contribution in [0.5, 0.6) is 0 Å². The highest BCUT2D eigenvalue weighted by atomic mass is 16.1. The average Bonchev–Trinajstić information content (AvgIpc) is 3.44. The Balaban J connectivity index is 1.70. The number of benzene rings is 1. The second-order valence-electron chi connectivity index (χ2n) is 10.1. The molecular weight excluding hydrogens is 450 g/mol. The maximum absolute atomic E-state index is 12.7. The first kappa shape index (κ1) is 24.2. The number of nitrogens with zero attached hydrogens (tertiary/aromatic N) is 3. The van der Waals surface area contributed by atoms with Crippen molar-refractivity contribution >= 4 is 5.91 Å². The van der Waals surface area contributed by atoms with Gasteiger partial charge in [0.15, 0.2) is 5.82 Å². The van der Waals surface area contributed by atoms with Crippen LogP contribution in [-0.2, 0) is 11.8 Å². The number of allylic oxidation sites excluding steroid dienone is 5. The van der Waals surface area contributed by atoms with Crippen LogP contribution < -0.4 is 16.4 Å². The van der Waals surface area contributed by atoms with Crippen LogP contribution in [0.1, 0.15) is 73.3 Å². The first-order chi connectivity index (χ1) is 17.4. The van der Waals surface area contributed by atoms with Crippen molar-refractivity contribution in [2.24, 2.45) is 5.73 Å². The largest absolute Gasteiger partial charge is 0.385 e. The maximum Gasteiger partial charge on any atom is 0.251 e. The maximum atomic E-state index is 12.7. The molecule has 1 atom stereocenters. The molecule has 0 saturated heterocycles. The van der Waals surface area contributed by atoms with E-state index in [0.717, 1.165) is 61.0 Å². The summed E-state index contributed by atoms with van der Waals surface area (Å²) in [4.78, 5) is 12.7. The highest BCUT2D eigenvalue weighted by Gasteiger charge is 2.53. The van der Waals surface area contributed by atoms with Gasteiger partial charge in [-0.2, -0.15) is 5.21 Å². The zero-order chi connectivity index (χ0) is 25.3. The van der Waals surface area contributed by atoms with Crippen LogP contribution in [0.15, 0.2) is 65.4 Å². The molecule has 1 unspecified atom stereocenters. The molecule has 188 valence electrons. The molecule has 5 N–H and O–H groups in total. The molecule has 1 heterocycles. The van der Waals surface area contributed by atoms with Gasteiger partial charge in [0.05, 0.1) is 5.41 Å². The van der Waals surface area contributed by atoms with Crippen LogP contribution in [-0.4, -0.2) is 45.2 Å². The summed E-state index contributed by atoms with van der Waals surface area (Å²) in [5, 5.41) is 22.0. The zero-order valence-corrected chi connectivity index (χ0v) is 21.2. The minimum atomic E-state index is -0.668. The third-order valence-electron chi connectivity index (χ3n) is 7.67. The number of carbonyl (C=O) groups is 1. The summed E-state index contributed by atoms with van der Waals surface area (Å²) in [5.74, 6) is 0.565. The Morgan fingerprint density at radius 2 is 1.97 bits per heavy atom. The number of tetrazole rings is 1. The summed E-state index contributed by atoms with van der Waals surface area (Å²) >= 11 is 0. The lowest BCUT2D eigenvalue weighted by Gasteiger charge is -2.37. The van der Waals surface area contributed by atoms with Crippen molar-refractivity contribution in [2.75, 3.05) is 13.1 Å². The molecule has 0 radical (unpaired) electrons. The quantitative estimate of drug-likeness (QED) is 0.455. The predicted molar refractivity (Wildman–Crippen MR) is 140 cm³/mol. The van der Waals surface area contributed by atoms with E-state index in [4.69, 9.17) is 5.73 Å². The first-order valence-corrected chi connectivity index (χ1v) is 12.9. The van der Waals surface area contributed by atoms with E-state index in [1.54, 1.807) is 0 Å². The number of nitrogens with one attached hydrogen (secondary N) is 3. The van der Waals surface area contributed by atoms with Crippen molar-refractivity contribution in [3.63, 3.8) is 0 Å². The van der Waals surface area contributed by atoms with Crippen molar-refractivity contribution in [3.05, 3.63) is 87.9 Å². The second-order valence-corrected chi connectivity index (χ2v) is 10.1. The molecule has 1 aromatic carbocycles. The van der Waals surface area contributed by atoms with Crippen molar-refractivity contribution < 1.29 is 4.79 Å². The van der Waals surface area contributed by atoms with Crippen molar-refractivity contribution in [1.29, 1.82) is 0 Å². The number of aromatic nitrogens is 4. The summed E-state index contributed by atoms with van der Waals surface area (Å²) in [6, 6.07) is 6.04. The minimum Gasteiger partial charge on any atom is -0.385 e. The number of aryl methyl sites for hydroxylation is 1. The monoisotopic (exact) mass is 485 g/mol. The molecule has 0 aliphatic heterocycles. The van der Waals surface area contributed by atoms with E-state index in [9.17, 15) is 4.79 Å². The molecule has 0 bridgehead atoms. The third kappa shape index (κ3) is 4.30. The van der Waals surface area contributed by atoms with Gasteiger partial charge < -0.3 is 16.4 Å². The molecule has 36 heavy (non-hydrogen) atoms. The number of hydrogen-bond donors (Lipinski definition) is 4. The average molecular weight is 486 g/mol. The lowest BCUT2D eigenvalue weighted by atomic mass is 9.66. The van der Waals surface area contributed by atoms with Crippen LogP contribution in [0.2, 0.25) is 0 Å². The number of hydrogen-bond acceptors (Lipinski definition) is 6. The topological polar surface area (TPSA) is 122 Å². The Hall–Kier alpha value is -3.52. The Morgan fingerprint density at radius 3 is 2.67 bits per heavy atom. The van der Waals surface area contributed by atoms with Gasteiger partial charge in [0.1, 0.15) is 0 Å². The molecule has 2 aromatic rings. The minimum absolute atomic E-state index is 0.0591. The molecule has 1 amide bonds. The molecule has 1 aromatic heterocycles. The number of aromatic amines is 1. The Labute approximate surface area is 212 Å². The standard InChI is InChI=1S/C28H35N7O/c1-4-30-18(3)19-6-7-20-8-9-21-16-22(25(36)31-5-2)11-13-24(21)28(23(20)12-10-19,17-27(29)14-15-27)26-32-34-35-33-26/h6,10-13,16,30H,3-5,7-9,14-15,17,29H2,1-2H3,(H,31,36)(H,32,33,34,35). The summed E-state index contributed by atoms with van der Waals surface area (Å²) in [7, 11) is 0. The number of nitrogens with two attached hydrogens (primary N) is 1. The first-order valence-electron chi connectivity index (χ1n) is 12.9. The van der Waals surface area contributed by atoms with E-state index in [-0.39, 0.29) is 11.4 Å². The molecular formula is C28H35N7O. The molecule has 5 rings (SSSR count). The van der Waals surface area contributed by atoms with Gasteiger partial charge in [0.2, 0.25) is 0 Å².